The van der Waals surface area contributed by atoms with Gasteiger partial charge >= 0.3 is 0 Å². The molecule has 3 fully saturated rings. The maximum atomic E-state index is 14.2. The van der Waals surface area contributed by atoms with Gasteiger partial charge in [0.05, 0.1) is 12.1 Å². The Hall–Kier alpha value is -2.51. The van der Waals surface area contributed by atoms with Crippen LogP contribution < -0.4 is 4.90 Å². The molecule has 7 heteroatoms. The smallest absolute Gasteiger partial charge is 0.257 e. The summed E-state index contributed by atoms with van der Waals surface area (Å²) in [5.74, 6) is -0.665. The molecule has 2 aliphatic heterocycles. The molecule has 1 saturated carbocycles. The lowest BCUT2D eigenvalue weighted by molar-refractivity contribution is -0.144. The number of hydrogen-bond donors (Lipinski definition) is 0. The number of piperidine rings is 1. The lowest BCUT2D eigenvalue weighted by atomic mass is 9.97. The van der Waals surface area contributed by atoms with Crippen LogP contribution in [0.1, 0.15) is 52.5 Å². The van der Waals surface area contributed by atoms with E-state index in [2.05, 4.69) is 72.8 Å². The van der Waals surface area contributed by atoms with E-state index in [9.17, 15) is 14.4 Å². The molecule has 0 bridgehead atoms. The Morgan fingerprint density at radius 3 is 2.11 bits per heavy atom. The molecule has 196 valence electrons. The first-order valence-corrected chi connectivity index (χ1v) is 14.0. The number of likely N-dealkylation sites (tertiary alicyclic amines) is 1. The van der Waals surface area contributed by atoms with E-state index in [0.29, 0.717) is 5.69 Å². The molecular weight excluding hydrogens is 530 g/mol. The molecule has 2 aromatic carbocycles. The molecule has 1 unspecified atom stereocenters. The van der Waals surface area contributed by atoms with Crippen LogP contribution in [0.25, 0.3) is 0 Å². The zero-order valence-electron chi connectivity index (χ0n) is 22.1. The fourth-order valence-corrected chi connectivity index (χ4v) is 6.71. The van der Waals surface area contributed by atoms with Crippen molar-refractivity contribution in [3.8, 4) is 0 Å². The first kappa shape index (κ1) is 26.1. The summed E-state index contributed by atoms with van der Waals surface area (Å²) in [5, 5.41) is 0. The number of anilines is 1. The van der Waals surface area contributed by atoms with Gasteiger partial charge in [-0.2, -0.15) is 0 Å². The molecule has 3 aliphatic rings. The summed E-state index contributed by atoms with van der Waals surface area (Å²) in [6, 6.07) is 16.8. The van der Waals surface area contributed by atoms with E-state index in [1.165, 1.54) is 10.5 Å². The summed E-state index contributed by atoms with van der Waals surface area (Å²) < 4.78 is 0.879. The van der Waals surface area contributed by atoms with Crippen LogP contribution in [0.3, 0.4) is 0 Å². The molecule has 3 amide bonds. The number of rotatable bonds is 6. The standard InChI is InChI=1S/C30H36BrN3O3/c1-29(2)26(30(29,3)4)28(37)33(23-14-16-32(17-15-23)19-20-8-6-5-7-9-20)24-18-25(35)34(27(24)36)22-12-10-21(31)11-13-22/h5-13,23-24,26H,14-19H2,1-4H3. The Kier molecular flexibility index (Phi) is 6.82. The maximum Gasteiger partial charge on any atom is 0.257 e. The molecule has 1 aliphatic carbocycles. The number of carbonyl (C=O) groups is 3. The average Bonchev–Trinajstić information content (AvgIpc) is 3.10. The third-order valence-corrected chi connectivity index (χ3v) is 9.79. The monoisotopic (exact) mass is 565 g/mol. The van der Waals surface area contributed by atoms with Gasteiger partial charge in [0.15, 0.2) is 0 Å². The highest BCUT2D eigenvalue weighted by atomic mass is 79.9. The van der Waals surface area contributed by atoms with Gasteiger partial charge in [-0.15, -0.1) is 0 Å². The highest BCUT2D eigenvalue weighted by molar-refractivity contribution is 9.10. The van der Waals surface area contributed by atoms with Crippen LogP contribution in [0.2, 0.25) is 0 Å². The van der Waals surface area contributed by atoms with E-state index in [-0.39, 0.29) is 46.9 Å². The second-order valence-electron chi connectivity index (χ2n) is 11.9. The number of nitrogens with zero attached hydrogens (tertiary/aromatic N) is 3. The van der Waals surface area contributed by atoms with Gasteiger partial charge in [0, 0.05) is 36.1 Å². The lowest BCUT2D eigenvalue weighted by Gasteiger charge is -2.41. The highest BCUT2D eigenvalue weighted by Gasteiger charge is 2.69. The number of hydrogen-bond acceptors (Lipinski definition) is 4. The minimum absolute atomic E-state index is 0.0281. The lowest BCUT2D eigenvalue weighted by Crippen LogP contribution is -2.55. The third-order valence-electron chi connectivity index (χ3n) is 9.27. The van der Waals surface area contributed by atoms with Gasteiger partial charge in [0.2, 0.25) is 11.8 Å². The normalized spacial score (nSPS) is 23.9. The summed E-state index contributed by atoms with van der Waals surface area (Å²) >= 11 is 3.41. The van der Waals surface area contributed by atoms with Crippen molar-refractivity contribution in [1.82, 2.24) is 9.80 Å². The van der Waals surface area contributed by atoms with Crippen LogP contribution in [-0.2, 0) is 20.9 Å². The topological polar surface area (TPSA) is 60.9 Å². The molecule has 5 rings (SSSR count). The fraction of sp³-hybridized carbons (Fsp3) is 0.500. The van der Waals surface area contributed by atoms with Crippen molar-refractivity contribution in [2.45, 2.75) is 65.6 Å². The number of halogens is 1. The van der Waals surface area contributed by atoms with Crippen molar-refractivity contribution in [1.29, 1.82) is 0 Å². The van der Waals surface area contributed by atoms with Gasteiger partial charge < -0.3 is 4.90 Å². The largest absolute Gasteiger partial charge is 0.327 e. The van der Waals surface area contributed by atoms with Gasteiger partial charge in [-0.3, -0.25) is 19.3 Å². The van der Waals surface area contributed by atoms with Crippen LogP contribution in [0.15, 0.2) is 59.1 Å². The van der Waals surface area contributed by atoms with Crippen molar-refractivity contribution in [3.63, 3.8) is 0 Å². The zero-order chi connectivity index (χ0) is 26.5. The Morgan fingerprint density at radius 2 is 1.54 bits per heavy atom. The Labute approximate surface area is 228 Å². The summed E-state index contributed by atoms with van der Waals surface area (Å²) in [5.41, 5.74) is 1.54. The number of amides is 3. The summed E-state index contributed by atoms with van der Waals surface area (Å²) in [4.78, 5) is 46.6. The molecule has 37 heavy (non-hydrogen) atoms. The maximum absolute atomic E-state index is 14.2. The van der Waals surface area contributed by atoms with E-state index in [0.717, 1.165) is 36.9 Å². The molecular formula is C30H36BrN3O3. The predicted octanol–water partition coefficient (Wildman–Crippen LogP) is 5.26. The molecule has 6 nitrogen and oxygen atoms in total. The quantitative estimate of drug-likeness (QED) is 0.448. The molecule has 0 spiro atoms. The molecule has 2 aromatic rings. The number of imide groups is 1. The first-order valence-electron chi connectivity index (χ1n) is 13.2. The summed E-state index contributed by atoms with van der Waals surface area (Å²) in [6.07, 6.45) is 1.63. The minimum atomic E-state index is -0.749. The third kappa shape index (κ3) is 4.65. The van der Waals surface area contributed by atoms with Crippen molar-refractivity contribution in [2.24, 2.45) is 16.7 Å². The predicted molar refractivity (Wildman–Crippen MR) is 148 cm³/mol. The van der Waals surface area contributed by atoms with E-state index < -0.39 is 6.04 Å². The van der Waals surface area contributed by atoms with Crippen LogP contribution in [0, 0.1) is 16.7 Å². The zero-order valence-corrected chi connectivity index (χ0v) is 23.7. The van der Waals surface area contributed by atoms with Crippen LogP contribution in [0.5, 0.6) is 0 Å². The van der Waals surface area contributed by atoms with Gasteiger partial charge in [0.25, 0.3) is 5.91 Å². The number of benzene rings is 2. The Morgan fingerprint density at radius 1 is 0.946 bits per heavy atom. The van der Waals surface area contributed by atoms with E-state index in [4.69, 9.17) is 0 Å². The van der Waals surface area contributed by atoms with Gasteiger partial charge in [-0.25, -0.2) is 4.90 Å². The van der Waals surface area contributed by atoms with E-state index in [1.54, 1.807) is 12.1 Å². The second-order valence-corrected chi connectivity index (χ2v) is 12.8. The van der Waals surface area contributed by atoms with Gasteiger partial charge in [-0.1, -0.05) is 74.0 Å². The van der Waals surface area contributed by atoms with Crippen LogP contribution in [-0.4, -0.2) is 52.7 Å². The SMILES string of the molecule is CC1(C)C(C(=O)N(C2CCN(Cc3ccccc3)CC2)C2CC(=O)N(c3ccc(Br)cc3)C2=O)C1(C)C. The molecule has 0 radical (unpaired) electrons. The summed E-state index contributed by atoms with van der Waals surface area (Å²) in [7, 11) is 0. The molecule has 0 N–H and O–H groups in total. The van der Waals surface area contributed by atoms with Gasteiger partial charge in [0.1, 0.15) is 6.04 Å². The number of carbonyl (C=O) groups excluding carboxylic acids is 3. The molecule has 0 aromatic heterocycles. The molecule has 1 atom stereocenters. The summed E-state index contributed by atoms with van der Waals surface area (Å²) in [6.45, 7) is 11.1. The molecule has 2 heterocycles. The fourth-order valence-electron chi connectivity index (χ4n) is 6.44. The van der Waals surface area contributed by atoms with E-state index >= 15 is 0 Å². The van der Waals surface area contributed by atoms with E-state index in [1.807, 2.05) is 23.1 Å². The highest BCUT2D eigenvalue weighted by Crippen LogP contribution is 2.69. The Bertz CT molecular complexity index is 1170. The molecule has 2 saturated heterocycles. The van der Waals surface area contributed by atoms with Gasteiger partial charge in [-0.05, 0) is 53.5 Å². The minimum Gasteiger partial charge on any atom is -0.327 e. The van der Waals surface area contributed by atoms with Crippen LogP contribution >= 0.6 is 15.9 Å². The average molecular weight is 567 g/mol. The Balaban J connectivity index is 1.38. The second kappa shape index (κ2) is 9.66. The van der Waals surface area contributed by atoms with Crippen molar-refractivity contribution in [2.75, 3.05) is 18.0 Å². The van der Waals surface area contributed by atoms with Crippen LogP contribution in [0.4, 0.5) is 5.69 Å². The van der Waals surface area contributed by atoms with Crippen molar-refractivity contribution >= 4 is 39.3 Å². The first-order chi connectivity index (χ1) is 17.5. The van der Waals surface area contributed by atoms with Crippen molar-refractivity contribution in [3.05, 3.63) is 64.6 Å². The van der Waals surface area contributed by atoms with Crippen molar-refractivity contribution < 1.29 is 14.4 Å².